The normalized spacial score (nSPS) is 11.2. The molecule has 0 bridgehead atoms. The minimum atomic E-state index is -1.25. The van der Waals surface area contributed by atoms with E-state index in [1.165, 1.54) is 18.2 Å². The third-order valence-corrected chi connectivity index (χ3v) is 2.49. The van der Waals surface area contributed by atoms with Gasteiger partial charge in [0.05, 0.1) is 11.3 Å². The van der Waals surface area contributed by atoms with Crippen molar-refractivity contribution >= 4 is 17.6 Å². The molecule has 0 aliphatic carbocycles. The van der Waals surface area contributed by atoms with Crippen LogP contribution in [0.1, 0.15) is 12.0 Å². The average Bonchev–Trinajstić information content (AvgIpc) is 2.38. The summed E-state index contributed by atoms with van der Waals surface area (Å²) in [6.45, 7) is 0. The van der Waals surface area contributed by atoms with Crippen LogP contribution in [0.5, 0.6) is 0 Å². The van der Waals surface area contributed by atoms with Crippen molar-refractivity contribution in [2.45, 2.75) is 18.9 Å². The molecule has 0 heterocycles. The molecule has 0 spiro atoms. The quantitative estimate of drug-likeness (QED) is 0.452. The van der Waals surface area contributed by atoms with Gasteiger partial charge in [-0.2, -0.15) is 0 Å². The van der Waals surface area contributed by atoms with Gasteiger partial charge in [0, 0.05) is 18.1 Å². The lowest BCUT2D eigenvalue weighted by molar-refractivity contribution is -0.385. The number of carbonyl (C=O) groups is 2. The minimum Gasteiger partial charge on any atom is -0.480 e. The highest BCUT2D eigenvalue weighted by molar-refractivity contribution is 5.85. The summed E-state index contributed by atoms with van der Waals surface area (Å²) in [7, 11) is 0. The molecule has 7 heteroatoms. The van der Waals surface area contributed by atoms with Gasteiger partial charge in [-0.25, -0.2) is 4.79 Å². The number of para-hydroxylation sites is 1. The lowest BCUT2D eigenvalue weighted by Gasteiger charge is -2.11. The Morgan fingerprint density at radius 3 is 2.65 bits per heavy atom. The van der Waals surface area contributed by atoms with Gasteiger partial charge in [0.1, 0.15) is 6.04 Å². The Bertz CT molecular complexity index is 576. The highest BCUT2D eigenvalue weighted by Gasteiger charge is 2.21. The number of terminal acetylenes is 1. The zero-order valence-electron chi connectivity index (χ0n) is 10.4. The molecule has 0 saturated heterocycles. The zero-order chi connectivity index (χ0) is 15.1. The zero-order valence-corrected chi connectivity index (χ0v) is 10.4. The average molecular weight is 276 g/mol. The lowest BCUT2D eigenvalue weighted by atomic mass is 10.1. The van der Waals surface area contributed by atoms with Crippen molar-refractivity contribution in [2.75, 3.05) is 0 Å². The van der Waals surface area contributed by atoms with Gasteiger partial charge in [-0.05, 0) is 0 Å². The SMILES string of the molecule is C#CCC(NC(=O)Cc1ccccc1[N+](=O)[O-])C(=O)O. The van der Waals surface area contributed by atoms with Crippen molar-refractivity contribution in [2.24, 2.45) is 0 Å². The van der Waals surface area contributed by atoms with Crippen LogP contribution < -0.4 is 5.32 Å². The molecule has 0 saturated carbocycles. The van der Waals surface area contributed by atoms with Gasteiger partial charge in [0.15, 0.2) is 0 Å². The highest BCUT2D eigenvalue weighted by Crippen LogP contribution is 2.18. The lowest BCUT2D eigenvalue weighted by Crippen LogP contribution is -2.41. The molecule has 1 rings (SSSR count). The third-order valence-electron chi connectivity index (χ3n) is 2.49. The van der Waals surface area contributed by atoms with Crippen molar-refractivity contribution in [3.63, 3.8) is 0 Å². The van der Waals surface area contributed by atoms with Gasteiger partial charge >= 0.3 is 5.97 Å². The summed E-state index contributed by atoms with van der Waals surface area (Å²) in [6.07, 6.45) is 4.56. The Morgan fingerprint density at radius 2 is 2.10 bits per heavy atom. The molecule has 7 nitrogen and oxygen atoms in total. The highest BCUT2D eigenvalue weighted by atomic mass is 16.6. The molecule has 1 aromatic carbocycles. The first-order valence-corrected chi connectivity index (χ1v) is 5.63. The van der Waals surface area contributed by atoms with Crippen LogP contribution in [0.15, 0.2) is 24.3 Å². The molecule has 1 atom stereocenters. The van der Waals surface area contributed by atoms with Crippen LogP contribution in [0, 0.1) is 22.5 Å². The van der Waals surface area contributed by atoms with Crippen LogP contribution in [-0.4, -0.2) is 27.9 Å². The standard InChI is InChI=1S/C13H12N2O5/c1-2-5-10(13(17)18)14-12(16)8-9-6-3-4-7-11(9)15(19)20/h1,3-4,6-7,10H,5,8H2,(H,14,16)(H,17,18). The van der Waals surface area contributed by atoms with Crippen molar-refractivity contribution in [1.29, 1.82) is 0 Å². The number of hydrogen-bond acceptors (Lipinski definition) is 4. The van der Waals surface area contributed by atoms with Crippen LogP contribution in [0.4, 0.5) is 5.69 Å². The molecule has 0 radical (unpaired) electrons. The minimum absolute atomic E-state index is 0.155. The van der Waals surface area contributed by atoms with Crippen molar-refractivity contribution < 1.29 is 19.6 Å². The van der Waals surface area contributed by atoms with Gasteiger partial charge in [-0.15, -0.1) is 12.3 Å². The number of benzene rings is 1. The van der Waals surface area contributed by atoms with E-state index in [1.54, 1.807) is 6.07 Å². The molecule has 20 heavy (non-hydrogen) atoms. The molecule has 2 N–H and O–H groups in total. The first-order valence-electron chi connectivity index (χ1n) is 5.63. The first kappa shape index (κ1) is 15.2. The van der Waals surface area contributed by atoms with E-state index in [0.29, 0.717) is 0 Å². The maximum Gasteiger partial charge on any atom is 0.327 e. The molecule has 0 aliphatic heterocycles. The summed E-state index contributed by atoms with van der Waals surface area (Å²) in [6, 6.07) is 4.56. The van der Waals surface area contributed by atoms with Crippen LogP contribution in [-0.2, 0) is 16.0 Å². The molecule has 0 fully saturated rings. The number of nitrogens with zero attached hydrogens (tertiary/aromatic N) is 1. The first-order chi connectivity index (χ1) is 9.45. The Morgan fingerprint density at radius 1 is 1.45 bits per heavy atom. The molecule has 104 valence electrons. The van der Waals surface area contributed by atoms with E-state index in [0.717, 1.165) is 0 Å². The maximum atomic E-state index is 11.7. The fourth-order valence-corrected chi connectivity index (χ4v) is 1.57. The summed E-state index contributed by atoms with van der Waals surface area (Å²) < 4.78 is 0. The topological polar surface area (TPSA) is 110 Å². The number of aliphatic carboxylic acids is 1. The monoisotopic (exact) mass is 276 g/mol. The smallest absolute Gasteiger partial charge is 0.327 e. The molecule has 0 aromatic heterocycles. The van der Waals surface area contributed by atoms with Crippen molar-refractivity contribution in [3.05, 3.63) is 39.9 Å². The van der Waals surface area contributed by atoms with E-state index in [9.17, 15) is 19.7 Å². The molecule has 1 unspecified atom stereocenters. The van der Waals surface area contributed by atoms with Crippen LogP contribution in [0.3, 0.4) is 0 Å². The van der Waals surface area contributed by atoms with Crippen molar-refractivity contribution in [1.82, 2.24) is 5.32 Å². The predicted octanol–water partition coefficient (Wildman–Crippen LogP) is 0.730. The van der Waals surface area contributed by atoms with E-state index >= 15 is 0 Å². The summed E-state index contributed by atoms with van der Waals surface area (Å²) in [5.41, 5.74) is 0.0197. The Balaban J connectivity index is 2.79. The second-order valence-electron chi connectivity index (χ2n) is 3.93. The number of carboxylic acid groups (broad SMARTS) is 1. The van der Waals surface area contributed by atoms with Crippen molar-refractivity contribution in [3.8, 4) is 12.3 Å². The second kappa shape index (κ2) is 6.89. The molecule has 1 aromatic rings. The number of rotatable bonds is 6. The van der Waals surface area contributed by atoms with Crippen LogP contribution in [0.2, 0.25) is 0 Å². The van der Waals surface area contributed by atoms with Crippen LogP contribution in [0.25, 0.3) is 0 Å². The summed E-state index contributed by atoms with van der Waals surface area (Å²) >= 11 is 0. The second-order valence-corrected chi connectivity index (χ2v) is 3.93. The van der Waals surface area contributed by atoms with E-state index in [2.05, 4.69) is 11.2 Å². The van der Waals surface area contributed by atoms with Gasteiger partial charge in [0.25, 0.3) is 5.69 Å². The fourth-order valence-electron chi connectivity index (χ4n) is 1.57. The number of nitrogens with one attached hydrogen (secondary N) is 1. The molecular formula is C13H12N2O5. The van der Waals surface area contributed by atoms with Crippen LogP contribution >= 0.6 is 0 Å². The van der Waals surface area contributed by atoms with Gasteiger partial charge in [0.2, 0.25) is 5.91 Å². The number of carboxylic acids is 1. The summed E-state index contributed by atoms with van der Waals surface area (Å²) in [5, 5.41) is 21.9. The predicted molar refractivity (Wildman–Crippen MR) is 69.8 cm³/mol. The van der Waals surface area contributed by atoms with E-state index < -0.39 is 22.8 Å². The van der Waals surface area contributed by atoms with E-state index in [-0.39, 0.29) is 24.1 Å². The molecule has 1 amide bonds. The molecular weight excluding hydrogens is 264 g/mol. The Kier molecular flexibility index (Phi) is 5.23. The van der Waals surface area contributed by atoms with E-state index in [4.69, 9.17) is 11.5 Å². The number of carbonyl (C=O) groups excluding carboxylic acids is 1. The summed E-state index contributed by atoms with van der Waals surface area (Å²) in [5.74, 6) is 0.256. The molecule has 0 aliphatic rings. The Hall–Kier alpha value is -2.88. The number of nitro groups is 1. The van der Waals surface area contributed by atoms with E-state index in [1.807, 2.05) is 0 Å². The summed E-state index contributed by atoms with van der Waals surface area (Å²) in [4.78, 5) is 32.7. The van der Waals surface area contributed by atoms with Gasteiger partial charge in [-0.1, -0.05) is 18.2 Å². The number of amides is 1. The third kappa shape index (κ3) is 4.10. The maximum absolute atomic E-state index is 11.7. The largest absolute Gasteiger partial charge is 0.480 e. The van der Waals surface area contributed by atoms with Gasteiger partial charge in [-0.3, -0.25) is 14.9 Å². The Labute approximate surface area is 114 Å². The number of hydrogen-bond donors (Lipinski definition) is 2. The number of nitro benzene ring substituents is 1. The van der Waals surface area contributed by atoms with Gasteiger partial charge < -0.3 is 10.4 Å². The fraction of sp³-hybridized carbons (Fsp3) is 0.231.